The molecule has 1 aromatic heterocycles. The average molecular weight is 378 g/mol. The van der Waals surface area contributed by atoms with Crippen molar-refractivity contribution in [3.05, 3.63) is 59.9 Å². The predicted octanol–water partition coefficient (Wildman–Crippen LogP) is 3.44. The van der Waals surface area contributed by atoms with Gasteiger partial charge in [0.05, 0.1) is 17.4 Å². The number of carbonyl (C=O) groups excluding carboxylic acids is 1. The summed E-state index contributed by atoms with van der Waals surface area (Å²) in [5.41, 5.74) is 4.52. The van der Waals surface area contributed by atoms with Gasteiger partial charge in [0.25, 0.3) is 5.91 Å². The van der Waals surface area contributed by atoms with Crippen LogP contribution in [0, 0.1) is 0 Å². The zero-order valence-corrected chi connectivity index (χ0v) is 16.4. The average Bonchev–Trinajstić information content (AvgIpc) is 3.09. The summed E-state index contributed by atoms with van der Waals surface area (Å²) in [5, 5.41) is 2.96. The summed E-state index contributed by atoms with van der Waals surface area (Å²) in [6.45, 7) is 2.57. The van der Waals surface area contributed by atoms with E-state index in [1.165, 1.54) is 5.56 Å². The number of ether oxygens (including phenoxy) is 1. The van der Waals surface area contributed by atoms with Crippen LogP contribution in [0.15, 0.2) is 48.8 Å². The number of amides is 1. The number of hydrogen-bond donors (Lipinski definition) is 1. The number of aromatic nitrogens is 2. The predicted molar refractivity (Wildman–Crippen MR) is 110 cm³/mol. The van der Waals surface area contributed by atoms with Crippen LogP contribution in [-0.4, -0.2) is 46.7 Å². The van der Waals surface area contributed by atoms with Gasteiger partial charge in [0.2, 0.25) is 0 Å². The molecule has 6 nitrogen and oxygen atoms in total. The van der Waals surface area contributed by atoms with E-state index in [1.807, 2.05) is 54.1 Å². The highest BCUT2D eigenvalue weighted by molar-refractivity contribution is 6.05. The first-order valence-corrected chi connectivity index (χ1v) is 9.69. The molecule has 4 rings (SSSR count). The van der Waals surface area contributed by atoms with E-state index in [0.717, 1.165) is 49.3 Å². The zero-order chi connectivity index (χ0) is 19.5. The molecule has 28 heavy (non-hydrogen) atoms. The van der Waals surface area contributed by atoms with E-state index in [2.05, 4.69) is 22.2 Å². The summed E-state index contributed by atoms with van der Waals surface area (Å²) < 4.78 is 7.40. The molecule has 2 heterocycles. The minimum Gasteiger partial charge on any atom is -0.381 e. The van der Waals surface area contributed by atoms with E-state index in [9.17, 15) is 4.79 Å². The highest BCUT2D eigenvalue weighted by Gasteiger charge is 2.18. The molecule has 1 amide bonds. The van der Waals surface area contributed by atoms with E-state index in [4.69, 9.17) is 4.74 Å². The second kappa shape index (κ2) is 8.12. The van der Waals surface area contributed by atoms with Crippen LogP contribution in [0.4, 0.5) is 5.69 Å². The zero-order valence-electron chi connectivity index (χ0n) is 16.4. The van der Waals surface area contributed by atoms with Gasteiger partial charge in [-0.05, 0) is 55.8 Å². The van der Waals surface area contributed by atoms with E-state index in [0.29, 0.717) is 11.6 Å². The van der Waals surface area contributed by atoms with E-state index >= 15 is 0 Å². The Bertz CT molecular complexity index is 958. The molecule has 0 spiro atoms. The molecule has 3 aromatic rings. The lowest BCUT2D eigenvalue weighted by atomic mass is 10.1. The molecule has 6 heteroatoms. The Balaban J connectivity index is 1.38. The van der Waals surface area contributed by atoms with Gasteiger partial charge in [-0.2, -0.15) is 0 Å². The number of carbonyl (C=O) groups is 1. The third-order valence-corrected chi connectivity index (χ3v) is 5.45. The van der Waals surface area contributed by atoms with Crippen LogP contribution in [0.25, 0.3) is 11.0 Å². The number of aryl methyl sites for hydroxylation is 1. The van der Waals surface area contributed by atoms with Crippen LogP contribution >= 0.6 is 0 Å². The minimum atomic E-state index is -0.111. The highest BCUT2D eigenvalue weighted by Crippen LogP contribution is 2.19. The molecular weight excluding hydrogens is 352 g/mol. The van der Waals surface area contributed by atoms with Crippen molar-refractivity contribution in [3.63, 3.8) is 0 Å². The van der Waals surface area contributed by atoms with Crippen molar-refractivity contribution in [2.75, 3.05) is 25.6 Å². The number of anilines is 1. The number of hydrogen-bond acceptors (Lipinski definition) is 4. The maximum Gasteiger partial charge on any atom is 0.255 e. The van der Waals surface area contributed by atoms with Crippen molar-refractivity contribution < 1.29 is 9.53 Å². The van der Waals surface area contributed by atoms with Gasteiger partial charge < -0.3 is 14.6 Å². The molecular formula is C22H26N4O2. The fourth-order valence-corrected chi connectivity index (χ4v) is 3.72. The summed E-state index contributed by atoms with van der Waals surface area (Å²) in [4.78, 5) is 19.3. The van der Waals surface area contributed by atoms with Crippen molar-refractivity contribution in [1.82, 2.24) is 14.5 Å². The van der Waals surface area contributed by atoms with Gasteiger partial charge in [-0.3, -0.25) is 9.69 Å². The van der Waals surface area contributed by atoms with Crippen LogP contribution in [0.3, 0.4) is 0 Å². The second-order valence-corrected chi connectivity index (χ2v) is 7.47. The van der Waals surface area contributed by atoms with Crippen molar-refractivity contribution in [1.29, 1.82) is 0 Å². The van der Waals surface area contributed by atoms with Crippen LogP contribution in [-0.2, 0) is 18.3 Å². The van der Waals surface area contributed by atoms with Crippen LogP contribution in [0.5, 0.6) is 0 Å². The first-order valence-electron chi connectivity index (χ1n) is 9.69. The summed E-state index contributed by atoms with van der Waals surface area (Å²) in [5.74, 6) is -0.111. The lowest BCUT2D eigenvalue weighted by Crippen LogP contribution is -2.36. The van der Waals surface area contributed by atoms with Gasteiger partial charge in [0.1, 0.15) is 0 Å². The smallest absolute Gasteiger partial charge is 0.255 e. The standard InChI is InChI=1S/C22H26N4O2/c1-25(19-9-11-28-12-10-19)14-16-3-5-17(6-4-16)22(27)24-18-7-8-21-20(13-18)23-15-26(21)2/h3-8,13,15,19H,9-12,14H2,1-2H3,(H,24,27). The molecule has 0 unspecified atom stereocenters. The quantitative estimate of drug-likeness (QED) is 0.739. The monoisotopic (exact) mass is 378 g/mol. The largest absolute Gasteiger partial charge is 0.381 e. The van der Waals surface area contributed by atoms with Crippen LogP contribution < -0.4 is 5.32 Å². The second-order valence-electron chi connectivity index (χ2n) is 7.47. The van der Waals surface area contributed by atoms with Gasteiger partial charge in [-0.1, -0.05) is 12.1 Å². The van der Waals surface area contributed by atoms with Gasteiger partial charge in [-0.25, -0.2) is 4.98 Å². The molecule has 1 fully saturated rings. The molecule has 0 saturated carbocycles. The third kappa shape index (κ3) is 4.08. The molecule has 0 bridgehead atoms. The number of rotatable bonds is 5. The molecule has 1 aliphatic heterocycles. The molecule has 1 aliphatic rings. The molecule has 0 radical (unpaired) electrons. The van der Waals surface area contributed by atoms with Gasteiger partial charge in [0, 0.05) is 44.1 Å². The number of imidazole rings is 1. The molecule has 1 saturated heterocycles. The van der Waals surface area contributed by atoms with Gasteiger partial charge in [0.15, 0.2) is 0 Å². The minimum absolute atomic E-state index is 0.111. The fourth-order valence-electron chi connectivity index (χ4n) is 3.72. The number of nitrogens with zero attached hydrogens (tertiary/aromatic N) is 3. The van der Waals surface area contributed by atoms with Crippen molar-refractivity contribution >= 4 is 22.6 Å². The number of fused-ring (bicyclic) bond motifs is 1. The normalized spacial score (nSPS) is 15.2. The molecule has 0 atom stereocenters. The Morgan fingerprint density at radius 1 is 1.21 bits per heavy atom. The van der Waals surface area contributed by atoms with E-state index < -0.39 is 0 Å². The topological polar surface area (TPSA) is 59.4 Å². The highest BCUT2D eigenvalue weighted by atomic mass is 16.5. The van der Waals surface area contributed by atoms with Crippen molar-refractivity contribution in [2.24, 2.45) is 7.05 Å². The Morgan fingerprint density at radius 3 is 2.71 bits per heavy atom. The van der Waals surface area contributed by atoms with Gasteiger partial charge in [-0.15, -0.1) is 0 Å². The summed E-state index contributed by atoms with van der Waals surface area (Å²) in [6.07, 6.45) is 3.93. The van der Waals surface area contributed by atoms with E-state index in [1.54, 1.807) is 6.33 Å². The third-order valence-electron chi connectivity index (χ3n) is 5.45. The van der Waals surface area contributed by atoms with Crippen LogP contribution in [0.2, 0.25) is 0 Å². The first kappa shape index (κ1) is 18.7. The molecule has 2 aromatic carbocycles. The van der Waals surface area contributed by atoms with Gasteiger partial charge >= 0.3 is 0 Å². The Morgan fingerprint density at radius 2 is 1.96 bits per heavy atom. The maximum absolute atomic E-state index is 12.6. The Hall–Kier alpha value is -2.70. The summed E-state index contributed by atoms with van der Waals surface area (Å²) in [7, 11) is 4.11. The summed E-state index contributed by atoms with van der Waals surface area (Å²) >= 11 is 0. The molecule has 0 aliphatic carbocycles. The van der Waals surface area contributed by atoms with Crippen molar-refractivity contribution in [2.45, 2.75) is 25.4 Å². The molecule has 146 valence electrons. The Labute approximate surface area is 165 Å². The van der Waals surface area contributed by atoms with Crippen LogP contribution in [0.1, 0.15) is 28.8 Å². The van der Waals surface area contributed by atoms with E-state index in [-0.39, 0.29) is 5.91 Å². The maximum atomic E-state index is 12.6. The Kier molecular flexibility index (Phi) is 5.41. The number of benzene rings is 2. The first-order chi connectivity index (χ1) is 13.6. The molecule has 1 N–H and O–H groups in total. The number of nitrogens with one attached hydrogen (secondary N) is 1. The lowest BCUT2D eigenvalue weighted by Gasteiger charge is -2.31. The summed E-state index contributed by atoms with van der Waals surface area (Å²) in [6, 6.07) is 14.2. The fraction of sp³-hybridized carbons (Fsp3) is 0.364. The SMILES string of the molecule is CN(Cc1ccc(C(=O)Nc2ccc3c(c2)ncn3C)cc1)C1CCOCC1. The lowest BCUT2D eigenvalue weighted by molar-refractivity contribution is 0.0407. The van der Waals surface area contributed by atoms with Crippen molar-refractivity contribution in [3.8, 4) is 0 Å².